The second-order valence-corrected chi connectivity index (χ2v) is 5.78. The van der Waals surface area contributed by atoms with E-state index in [0.29, 0.717) is 10.2 Å². The lowest BCUT2D eigenvalue weighted by Crippen LogP contribution is -2.38. The summed E-state index contributed by atoms with van der Waals surface area (Å²) in [6.45, 7) is -0.410. The molecule has 9 heteroatoms. The summed E-state index contributed by atoms with van der Waals surface area (Å²) in [6.07, 6.45) is 0. The minimum absolute atomic E-state index is 0.0776. The highest BCUT2D eigenvalue weighted by molar-refractivity contribution is 7.22. The Morgan fingerprint density at radius 2 is 2.29 bits per heavy atom. The first kappa shape index (κ1) is 13.8. The number of hydrogen-bond acceptors (Lipinski definition) is 5. The number of nitrogens with one attached hydrogen (secondary N) is 2. The third kappa shape index (κ3) is 2.81. The molecule has 1 aliphatic rings. The first-order chi connectivity index (χ1) is 10.0. The topological polar surface area (TPSA) is 91.4 Å². The van der Waals surface area contributed by atoms with Crippen LogP contribution in [-0.2, 0) is 9.59 Å². The van der Waals surface area contributed by atoms with Gasteiger partial charge in [0.05, 0.1) is 16.8 Å². The third-order valence-electron chi connectivity index (χ3n) is 2.84. The number of thiazole rings is 1. The lowest BCUT2D eigenvalue weighted by atomic mass is 10.3. The van der Waals surface area contributed by atoms with E-state index in [1.165, 1.54) is 11.3 Å². The van der Waals surface area contributed by atoms with Crippen molar-refractivity contribution in [3.63, 3.8) is 0 Å². The number of amides is 4. The molecule has 0 saturated carbocycles. The minimum Gasteiger partial charge on any atom is -0.329 e. The average molecular weight is 325 g/mol. The maximum absolute atomic E-state index is 11.9. The number of carbonyl (C=O) groups is 3. The van der Waals surface area contributed by atoms with E-state index >= 15 is 0 Å². The molecule has 1 aliphatic heterocycles. The lowest BCUT2D eigenvalue weighted by Gasteiger charge is -2.10. The number of halogens is 1. The Balaban J connectivity index is 1.71. The molecule has 0 radical (unpaired) electrons. The van der Waals surface area contributed by atoms with Gasteiger partial charge in [-0.25, -0.2) is 9.78 Å². The van der Waals surface area contributed by atoms with Gasteiger partial charge in [-0.3, -0.25) is 14.5 Å². The fourth-order valence-corrected chi connectivity index (χ4v) is 3.03. The number of hydrogen-bond donors (Lipinski definition) is 2. The number of rotatable bonds is 3. The normalized spacial score (nSPS) is 14.6. The van der Waals surface area contributed by atoms with Gasteiger partial charge >= 0.3 is 6.03 Å². The van der Waals surface area contributed by atoms with E-state index in [-0.39, 0.29) is 13.1 Å². The number of imide groups is 1. The van der Waals surface area contributed by atoms with Crippen LogP contribution in [0.3, 0.4) is 0 Å². The molecule has 2 N–H and O–H groups in total. The van der Waals surface area contributed by atoms with Gasteiger partial charge in [0.15, 0.2) is 5.13 Å². The van der Waals surface area contributed by atoms with Gasteiger partial charge in [-0.15, -0.1) is 0 Å². The summed E-state index contributed by atoms with van der Waals surface area (Å²) in [6, 6.07) is 4.65. The van der Waals surface area contributed by atoms with Gasteiger partial charge in [0.25, 0.3) is 5.91 Å². The van der Waals surface area contributed by atoms with Crippen LogP contribution in [0.4, 0.5) is 9.93 Å². The lowest BCUT2D eigenvalue weighted by molar-refractivity contribution is -0.128. The highest BCUT2D eigenvalue weighted by Gasteiger charge is 2.30. The SMILES string of the molecule is O=C(CN1C(=O)CNC1=O)Nc1nc2ccc(Cl)cc2s1. The molecule has 1 saturated heterocycles. The van der Waals surface area contributed by atoms with Crippen molar-refractivity contribution < 1.29 is 14.4 Å². The Hall–Kier alpha value is -2.19. The minimum atomic E-state index is -0.564. The smallest absolute Gasteiger partial charge is 0.325 e. The molecule has 1 aromatic heterocycles. The Kier molecular flexibility index (Phi) is 3.48. The molecule has 1 fully saturated rings. The maximum atomic E-state index is 11.9. The molecule has 0 aliphatic carbocycles. The number of urea groups is 1. The summed E-state index contributed by atoms with van der Waals surface area (Å²) in [5, 5.41) is 5.90. The predicted octanol–water partition coefficient (Wildman–Crippen LogP) is 1.44. The Morgan fingerprint density at radius 3 is 3.00 bits per heavy atom. The molecule has 2 heterocycles. The van der Waals surface area contributed by atoms with E-state index in [4.69, 9.17) is 11.6 Å². The van der Waals surface area contributed by atoms with E-state index in [1.54, 1.807) is 18.2 Å². The molecule has 4 amide bonds. The fourth-order valence-electron chi connectivity index (χ4n) is 1.87. The number of fused-ring (bicyclic) bond motifs is 1. The summed E-state index contributed by atoms with van der Waals surface area (Å²) < 4.78 is 0.841. The van der Waals surface area contributed by atoms with Crippen LogP contribution in [0, 0.1) is 0 Å². The quantitative estimate of drug-likeness (QED) is 0.836. The van der Waals surface area contributed by atoms with Gasteiger partial charge in [-0.05, 0) is 18.2 Å². The van der Waals surface area contributed by atoms with Crippen LogP contribution in [0.1, 0.15) is 0 Å². The summed E-state index contributed by atoms with van der Waals surface area (Å²) in [4.78, 5) is 39.7. The van der Waals surface area contributed by atoms with Crippen LogP contribution in [0.5, 0.6) is 0 Å². The zero-order valence-corrected chi connectivity index (χ0v) is 12.1. The second kappa shape index (κ2) is 5.30. The highest BCUT2D eigenvalue weighted by Crippen LogP contribution is 2.28. The van der Waals surface area contributed by atoms with Crippen molar-refractivity contribution in [1.82, 2.24) is 15.2 Å². The molecule has 1 aromatic carbocycles. The molecule has 21 heavy (non-hydrogen) atoms. The Labute approximate surface area is 127 Å². The maximum Gasteiger partial charge on any atom is 0.325 e. The first-order valence-electron chi connectivity index (χ1n) is 5.97. The van der Waals surface area contributed by atoms with Crippen molar-refractivity contribution in [2.75, 3.05) is 18.4 Å². The van der Waals surface area contributed by atoms with Crippen LogP contribution in [0.25, 0.3) is 10.2 Å². The monoisotopic (exact) mass is 324 g/mol. The number of benzene rings is 1. The van der Waals surface area contributed by atoms with Gasteiger partial charge in [-0.2, -0.15) is 0 Å². The molecule has 2 aromatic rings. The summed E-state index contributed by atoms with van der Waals surface area (Å²) >= 11 is 7.15. The number of carbonyl (C=O) groups excluding carboxylic acids is 3. The standard InChI is InChI=1S/C12H9ClN4O3S/c13-6-1-2-7-8(3-6)21-11(15-7)16-9(18)5-17-10(19)4-14-12(17)20/h1-3H,4-5H2,(H,14,20)(H,15,16,18). The van der Waals surface area contributed by atoms with Crippen LogP contribution in [-0.4, -0.2) is 40.8 Å². The van der Waals surface area contributed by atoms with E-state index in [2.05, 4.69) is 15.6 Å². The molecular weight excluding hydrogens is 316 g/mol. The first-order valence-corrected chi connectivity index (χ1v) is 7.16. The number of aromatic nitrogens is 1. The zero-order valence-electron chi connectivity index (χ0n) is 10.6. The molecule has 0 spiro atoms. The fraction of sp³-hybridized carbons (Fsp3) is 0.167. The van der Waals surface area contributed by atoms with E-state index < -0.39 is 17.8 Å². The van der Waals surface area contributed by atoms with Crippen molar-refractivity contribution in [2.24, 2.45) is 0 Å². The average Bonchev–Trinajstić information content (AvgIpc) is 2.95. The predicted molar refractivity (Wildman–Crippen MR) is 78.4 cm³/mol. The zero-order chi connectivity index (χ0) is 15.0. The van der Waals surface area contributed by atoms with Gasteiger partial charge in [0.1, 0.15) is 6.54 Å². The van der Waals surface area contributed by atoms with Gasteiger partial charge in [0.2, 0.25) is 5.91 Å². The van der Waals surface area contributed by atoms with Gasteiger partial charge < -0.3 is 10.6 Å². The highest BCUT2D eigenvalue weighted by atomic mass is 35.5. The second-order valence-electron chi connectivity index (χ2n) is 4.32. The van der Waals surface area contributed by atoms with Gasteiger partial charge in [-0.1, -0.05) is 22.9 Å². The van der Waals surface area contributed by atoms with Crippen LogP contribution in [0.15, 0.2) is 18.2 Å². The van der Waals surface area contributed by atoms with Crippen molar-refractivity contribution >= 4 is 56.1 Å². The van der Waals surface area contributed by atoms with Crippen molar-refractivity contribution in [1.29, 1.82) is 0 Å². The van der Waals surface area contributed by atoms with E-state index in [1.807, 2.05) is 0 Å². The van der Waals surface area contributed by atoms with Gasteiger partial charge in [0, 0.05) is 5.02 Å². The summed E-state index contributed by atoms with van der Waals surface area (Å²) in [5.74, 6) is -0.906. The number of anilines is 1. The Morgan fingerprint density at radius 1 is 1.48 bits per heavy atom. The molecule has 0 bridgehead atoms. The molecule has 0 unspecified atom stereocenters. The van der Waals surface area contributed by atoms with Crippen LogP contribution < -0.4 is 10.6 Å². The van der Waals surface area contributed by atoms with Crippen LogP contribution >= 0.6 is 22.9 Å². The van der Waals surface area contributed by atoms with E-state index in [9.17, 15) is 14.4 Å². The number of nitrogens with zero attached hydrogens (tertiary/aromatic N) is 2. The molecule has 3 rings (SSSR count). The molecule has 7 nitrogen and oxygen atoms in total. The van der Waals surface area contributed by atoms with Crippen molar-refractivity contribution in [3.05, 3.63) is 23.2 Å². The largest absolute Gasteiger partial charge is 0.329 e. The van der Waals surface area contributed by atoms with Crippen molar-refractivity contribution in [2.45, 2.75) is 0 Å². The Bertz CT molecular complexity index is 744. The van der Waals surface area contributed by atoms with Crippen LogP contribution in [0.2, 0.25) is 5.02 Å². The third-order valence-corrected chi connectivity index (χ3v) is 4.00. The molecular formula is C12H9ClN4O3S. The summed E-state index contributed by atoms with van der Waals surface area (Å²) in [5.41, 5.74) is 0.717. The summed E-state index contributed by atoms with van der Waals surface area (Å²) in [7, 11) is 0. The molecule has 108 valence electrons. The van der Waals surface area contributed by atoms with Crippen molar-refractivity contribution in [3.8, 4) is 0 Å². The van der Waals surface area contributed by atoms with E-state index in [0.717, 1.165) is 15.1 Å². The molecule has 0 atom stereocenters.